The molecule has 0 spiro atoms. The molecule has 1 heteroatoms. The molecule has 0 saturated heterocycles. The Kier molecular flexibility index (Phi) is 2.54. The van der Waals surface area contributed by atoms with E-state index in [4.69, 9.17) is 4.74 Å². The van der Waals surface area contributed by atoms with Crippen molar-refractivity contribution >= 4 is 0 Å². The molecular formula is C17H26O. The zero-order valence-corrected chi connectivity index (χ0v) is 11.7. The van der Waals surface area contributed by atoms with Gasteiger partial charge in [0.1, 0.15) is 0 Å². The van der Waals surface area contributed by atoms with E-state index in [1.165, 1.54) is 51.4 Å². The van der Waals surface area contributed by atoms with Crippen molar-refractivity contribution in [3.05, 3.63) is 11.8 Å². The van der Waals surface area contributed by atoms with E-state index in [1.807, 2.05) is 0 Å². The van der Waals surface area contributed by atoms with Gasteiger partial charge in [0.15, 0.2) is 0 Å². The van der Waals surface area contributed by atoms with Gasteiger partial charge >= 0.3 is 0 Å². The second-order valence-corrected chi connectivity index (χ2v) is 7.54. The molecule has 1 heterocycles. The Morgan fingerprint density at radius 1 is 1.17 bits per heavy atom. The molecule has 0 radical (unpaired) electrons. The second kappa shape index (κ2) is 4.02. The highest BCUT2D eigenvalue weighted by molar-refractivity contribution is 5.16. The maximum Gasteiger partial charge on any atom is 0.0873 e. The third kappa shape index (κ3) is 1.52. The standard InChI is InChI=1S/C17H26O/c1-17-8-2-5-16(17)14-7-6-12-11-18-9-3-4-13(12)15(14)10-17/h11,13-16H,2-10H2,1H3. The van der Waals surface area contributed by atoms with Crippen molar-refractivity contribution in [2.45, 2.75) is 58.3 Å². The van der Waals surface area contributed by atoms with Crippen molar-refractivity contribution in [1.82, 2.24) is 0 Å². The van der Waals surface area contributed by atoms with E-state index in [9.17, 15) is 0 Å². The Bertz CT molecular complexity index is 372. The normalized spacial score (nSPS) is 50.6. The first-order valence-electron chi connectivity index (χ1n) is 8.08. The molecule has 0 aromatic rings. The largest absolute Gasteiger partial charge is 0.501 e. The Morgan fingerprint density at radius 3 is 3.06 bits per heavy atom. The van der Waals surface area contributed by atoms with Crippen molar-refractivity contribution in [3.8, 4) is 0 Å². The Balaban J connectivity index is 1.64. The van der Waals surface area contributed by atoms with Crippen LogP contribution in [0.2, 0.25) is 0 Å². The SMILES string of the molecule is CC12CCCC1C1CCC3=COCCCC3C1C2. The van der Waals surface area contributed by atoms with E-state index < -0.39 is 0 Å². The smallest absolute Gasteiger partial charge is 0.0873 e. The molecule has 3 aliphatic carbocycles. The van der Waals surface area contributed by atoms with Crippen LogP contribution in [0.15, 0.2) is 11.8 Å². The van der Waals surface area contributed by atoms with Crippen LogP contribution in [0, 0.1) is 29.1 Å². The number of rotatable bonds is 0. The van der Waals surface area contributed by atoms with Gasteiger partial charge in [0.05, 0.1) is 12.9 Å². The Labute approximate surface area is 111 Å². The molecule has 18 heavy (non-hydrogen) atoms. The number of fused-ring (bicyclic) bond motifs is 5. The Morgan fingerprint density at radius 2 is 2.11 bits per heavy atom. The maximum absolute atomic E-state index is 5.67. The average Bonchev–Trinajstić information content (AvgIpc) is 2.73. The van der Waals surface area contributed by atoms with Crippen LogP contribution in [0.3, 0.4) is 0 Å². The minimum absolute atomic E-state index is 0.706. The summed E-state index contributed by atoms with van der Waals surface area (Å²) in [5.74, 6) is 4.00. The molecule has 0 aromatic heterocycles. The van der Waals surface area contributed by atoms with Crippen LogP contribution in [0.25, 0.3) is 0 Å². The van der Waals surface area contributed by atoms with Crippen molar-refractivity contribution in [2.24, 2.45) is 29.1 Å². The summed E-state index contributed by atoms with van der Waals surface area (Å²) in [6.45, 7) is 3.55. The molecule has 0 N–H and O–H groups in total. The summed E-state index contributed by atoms with van der Waals surface area (Å²) >= 11 is 0. The lowest BCUT2D eigenvalue weighted by Gasteiger charge is -2.37. The van der Waals surface area contributed by atoms with Crippen molar-refractivity contribution in [1.29, 1.82) is 0 Å². The maximum atomic E-state index is 5.67. The molecule has 5 atom stereocenters. The number of allylic oxidation sites excluding steroid dienone is 1. The van der Waals surface area contributed by atoms with E-state index >= 15 is 0 Å². The fourth-order valence-electron chi connectivity index (χ4n) is 5.98. The zero-order chi connectivity index (χ0) is 12.2. The molecule has 3 saturated carbocycles. The minimum atomic E-state index is 0.706. The van der Waals surface area contributed by atoms with Gasteiger partial charge in [0.2, 0.25) is 0 Å². The number of hydrogen-bond acceptors (Lipinski definition) is 1. The summed E-state index contributed by atoms with van der Waals surface area (Å²) in [5.41, 5.74) is 2.37. The van der Waals surface area contributed by atoms with Crippen molar-refractivity contribution in [3.63, 3.8) is 0 Å². The minimum Gasteiger partial charge on any atom is -0.501 e. The molecule has 100 valence electrons. The molecule has 4 rings (SSSR count). The quantitative estimate of drug-likeness (QED) is 0.610. The lowest BCUT2D eigenvalue weighted by Crippen LogP contribution is -2.28. The van der Waals surface area contributed by atoms with E-state index in [1.54, 1.807) is 5.57 Å². The van der Waals surface area contributed by atoms with Crippen LogP contribution in [0.5, 0.6) is 0 Å². The van der Waals surface area contributed by atoms with Gasteiger partial charge in [-0.2, -0.15) is 0 Å². The van der Waals surface area contributed by atoms with E-state index in [0.717, 1.165) is 30.3 Å². The third-order valence-corrected chi connectivity index (χ3v) is 6.70. The molecule has 1 aliphatic heterocycles. The predicted octanol–water partition coefficient (Wildman–Crippen LogP) is 4.53. The van der Waals surface area contributed by atoms with Gasteiger partial charge < -0.3 is 4.74 Å². The monoisotopic (exact) mass is 246 g/mol. The first-order valence-corrected chi connectivity index (χ1v) is 8.08. The highest BCUT2D eigenvalue weighted by atomic mass is 16.5. The van der Waals surface area contributed by atoms with Crippen LogP contribution in [-0.2, 0) is 4.74 Å². The topological polar surface area (TPSA) is 9.23 Å². The zero-order valence-electron chi connectivity index (χ0n) is 11.7. The molecule has 0 bridgehead atoms. The van der Waals surface area contributed by atoms with Crippen LogP contribution in [-0.4, -0.2) is 6.61 Å². The Hall–Kier alpha value is -0.460. The van der Waals surface area contributed by atoms with E-state index in [-0.39, 0.29) is 0 Å². The van der Waals surface area contributed by atoms with E-state index in [0.29, 0.717) is 5.41 Å². The van der Waals surface area contributed by atoms with Crippen LogP contribution in [0.1, 0.15) is 58.3 Å². The van der Waals surface area contributed by atoms with Crippen LogP contribution >= 0.6 is 0 Å². The molecule has 0 amide bonds. The molecule has 1 nitrogen and oxygen atoms in total. The van der Waals surface area contributed by atoms with Gasteiger partial charge in [-0.15, -0.1) is 0 Å². The van der Waals surface area contributed by atoms with Gasteiger partial charge in [-0.1, -0.05) is 13.3 Å². The van der Waals surface area contributed by atoms with Gasteiger partial charge in [0, 0.05) is 0 Å². The molecule has 4 aliphatic rings. The van der Waals surface area contributed by atoms with Gasteiger partial charge in [-0.3, -0.25) is 0 Å². The van der Waals surface area contributed by atoms with Crippen molar-refractivity contribution < 1.29 is 4.74 Å². The molecular weight excluding hydrogens is 220 g/mol. The van der Waals surface area contributed by atoms with Gasteiger partial charge in [-0.05, 0) is 79.6 Å². The number of ether oxygens (including phenoxy) is 1. The number of hydrogen-bond donors (Lipinski definition) is 0. The third-order valence-electron chi connectivity index (χ3n) is 6.70. The summed E-state index contributed by atoms with van der Waals surface area (Å²) in [7, 11) is 0. The summed E-state index contributed by atoms with van der Waals surface area (Å²) < 4.78 is 5.67. The van der Waals surface area contributed by atoms with Gasteiger partial charge in [-0.25, -0.2) is 0 Å². The first kappa shape index (κ1) is 11.4. The average molecular weight is 246 g/mol. The van der Waals surface area contributed by atoms with E-state index in [2.05, 4.69) is 13.2 Å². The predicted molar refractivity (Wildman–Crippen MR) is 73.0 cm³/mol. The second-order valence-electron chi connectivity index (χ2n) is 7.54. The van der Waals surface area contributed by atoms with Crippen molar-refractivity contribution in [2.75, 3.05) is 6.61 Å². The fourth-order valence-corrected chi connectivity index (χ4v) is 5.98. The van der Waals surface area contributed by atoms with Crippen LogP contribution in [0.4, 0.5) is 0 Å². The molecule has 0 aromatic carbocycles. The summed E-state index contributed by atoms with van der Waals surface area (Å²) in [5, 5.41) is 0. The molecule has 3 fully saturated rings. The first-order chi connectivity index (χ1) is 8.78. The highest BCUT2D eigenvalue weighted by Crippen LogP contribution is 2.64. The highest BCUT2D eigenvalue weighted by Gasteiger charge is 2.55. The lowest BCUT2D eigenvalue weighted by atomic mass is 9.68. The fraction of sp³-hybridized carbons (Fsp3) is 0.882. The summed E-state index contributed by atoms with van der Waals surface area (Å²) in [6.07, 6.45) is 13.7. The van der Waals surface area contributed by atoms with Gasteiger partial charge in [0.25, 0.3) is 0 Å². The summed E-state index contributed by atoms with van der Waals surface area (Å²) in [4.78, 5) is 0. The van der Waals surface area contributed by atoms with Crippen LogP contribution < -0.4 is 0 Å². The summed E-state index contributed by atoms with van der Waals surface area (Å²) in [6, 6.07) is 0. The lowest BCUT2D eigenvalue weighted by molar-refractivity contribution is 0.184. The molecule has 5 unspecified atom stereocenters.